The summed E-state index contributed by atoms with van der Waals surface area (Å²) in [6.07, 6.45) is 7.45. The van der Waals surface area contributed by atoms with Crippen LogP contribution in [-0.2, 0) is 4.74 Å². The number of hydrogen-bond donors (Lipinski definition) is 0. The molecule has 2 aliphatic heterocycles. The Labute approximate surface area is 156 Å². The number of rotatable bonds is 6. The molecule has 6 heteroatoms. The van der Waals surface area contributed by atoms with Gasteiger partial charge in [-0.3, -0.25) is 4.79 Å². The van der Waals surface area contributed by atoms with E-state index in [-0.39, 0.29) is 11.3 Å². The molecule has 0 aliphatic carbocycles. The van der Waals surface area contributed by atoms with Gasteiger partial charge in [0, 0.05) is 57.6 Å². The number of piperidine rings is 2. The van der Waals surface area contributed by atoms with Crippen molar-refractivity contribution < 1.29 is 14.3 Å². The molecule has 6 nitrogen and oxygen atoms in total. The van der Waals surface area contributed by atoms with Crippen molar-refractivity contribution in [2.75, 3.05) is 53.6 Å². The van der Waals surface area contributed by atoms with Gasteiger partial charge in [-0.05, 0) is 44.7 Å². The van der Waals surface area contributed by atoms with Gasteiger partial charge in [0.25, 0.3) is 5.91 Å². The van der Waals surface area contributed by atoms with Crippen molar-refractivity contribution in [1.29, 1.82) is 0 Å². The molecule has 0 saturated carbocycles. The van der Waals surface area contributed by atoms with E-state index >= 15 is 0 Å². The largest absolute Gasteiger partial charge is 0.481 e. The number of methoxy groups -OCH3 is 2. The maximum Gasteiger partial charge on any atom is 0.255 e. The lowest BCUT2D eigenvalue weighted by atomic mass is 9.73. The van der Waals surface area contributed by atoms with Crippen LogP contribution in [0.25, 0.3) is 0 Å². The highest BCUT2D eigenvalue weighted by Crippen LogP contribution is 2.38. The average molecular weight is 361 g/mol. The second kappa shape index (κ2) is 8.82. The predicted molar refractivity (Wildman–Crippen MR) is 101 cm³/mol. The zero-order valence-corrected chi connectivity index (χ0v) is 16.1. The van der Waals surface area contributed by atoms with Crippen LogP contribution < -0.4 is 4.74 Å². The Morgan fingerprint density at radius 2 is 2.00 bits per heavy atom. The fourth-order valence-corrected chi connectivity index (χ4v) is 4.46. The molecule has 0 bridgehead atoms. The average Bonchev–Trinajstić information content (AvgIpc) is 2.68. The summed E-state index contributed by atoms with van der Waals surface area (Å²) >= 11 is 0. The lowest BCUT2D eigenvalue weighted by Gasteiger charge is -2.48. The first kappa shape index (κ1) is 19.1. The Morgan fingerprint density at radius 3 is 2.69 bits per heavy atom. The molecule has 1 aromatic rings. The lowest BCUT2D eigenvalue weighted by molar-refractivity contribution is 0.0117. The van der Waals surface area contributed by atoms with Crippen LogP contribution in [0.15, 0.2) is 18.3 Å². The molecular formula is C20H31N3O3. The second-order valence-electron chi connectivity index (χ2n) is 7.65. The molecule has 1 aromatic heterocycles. The molecule has 1 unspecified atom stereocenters. The monoisotopic (exact) mass is 361 g/mol. The van der Waals surface area contributed by atoms with Gasteiger partial charge in [0.05, 0.1) is 12.7 Å². The van der Waals surface area contributed by atoms with Crippen LogP contribution in [-0.4, -0.2) is 74.2 Å². The van der Waals surface area contributed by atoms with Gasteiger partial charge in [0.2, 0.25) is 5.88 Å². The molecule has 3 rings (SSSR count). The molecule has 0 N–H and O–H groups in total. The van der Waals surface area contributed by atoms with E-state index in [1.165, 1.54) is 25.8 Å². The smallest absolute Gasteiger partial charge is 0.255 e. The van der Waals surface area contributed by atoms with Gasteiger partial charge >= 0.3 is 0 Å². The summed E-state index contributed by atoms with van der Waals surface area (Å²) in [5, 5.41) is 0. The van der Waals surface area contributed by atoms with E-state index in [0.29, 0.717) is 11.4 Å². The minimum atomic E-state index is 0.0933. The third-order valence-corrected chi connectivity index (χ3v) is 5.70. The Hall–Kier alpha value is -1.66. The Bertz CT molecular complexity index is 588. The highest BCUT2D eigenvalue weighted by atomic mass is 16.5. The van der Waals surface area contributed by atoms with Crippen molar-refractivity contribution in [3.05, 3.63) is 23.9 Å². The molecule has 26 heavy (non-hydrogen) atoms. The Kier molecular flexibility index (Phi) is 6.48. The number of aromatic nitrogens is 1. The summed E-state index contributed by atoms with van der Waals surface area (Å²) < 4.78 is 10.3. The zero-order valence-electron chi connectivity index (χ0n) is 16.1. The number of hydrogen-bond acceptors (Lipinski definition) is 5. The van der Waals surface area contributed by atoms with E-state index in [9.17, 15) is 4.79 Å². The van der Waals surface area contributed by atoms with Gasteiger partial charge in [-0.2, -0.15) is 0 Å². The summed E-state index contributed by atoms with van der Waals surface area (Å²) in [5.41, 5.74) is 0.898. The Morgan fingerprint density at radius 1 is 1.19 bits per heavy atom. The number of ether oxygens (including phenoxy) is 2. The quantitative estimate of drug-likeness (QED) is 0.729. The van der Waals surface area contributed by atoms with Crippen molar-refractivity contribution in [3.8, 4) is 5.88 Å². The van der Waals surface area contributed by atoms with E-state index in [0.717, 1.165) is 45.6 Å². The van der Waals surface area contributed by atoms with E-state index in [1.54, 1.807) is 26.5 Å². The molecular weight excluding hydrogens is 330 g/mol. The van der Waals surface area contributed by atoms with Gasteiger partial charge in [0.1, 0.15) is 0 Å². The van der Waals surface area contributed by atoms with Crippen LogP contribution in [0.3, 0.4) is 0 Å². The first-order chi connectivity index (χ1) is 12.7. The first-order valence-corrected chi connectivity index (χ1v) is 9.66. The van der Waals surface area contributed by atoms with Crippen LogP contribution in [0.4, 0.5) is 0 Å². The number of carbonyl (C=O) groups excluding carboxylic acids is 1. The summed E-state index contributed by atoms with van der Waals surface area (Å²) in [7, 11) is 3.34. The van der Waals surface area contributed by atoms with Gasteiger partial charge in [-0.15, -0.1) is 0 Å². The minimum absolute atomic E-state index is 0.0933. The second-order valence-corrected chi connectivity index (χ2v) is 7.65. The standard InChI is InChI=1S/C20H31N3O3/c1-25-13-5-11-22-10-3-8-20(15-22)9-4-12-23(16-20)19(24)17-6-7-18(26-2)21-14-17/h6-7,14H,3-5,8-13,15-16H2,1-2H3. The van der Waals surface area contributed by atoms with E-state index in [2.05, 4.69) is 9.88 Å². The number of amides is 1. The topological polar surface area (TPSA) is 54.9 Å². The summed E-state index contributed by atoms with van der Waals surface area (Å²) in [6, 6.07) is 3.57. The van der Waals surface area contributed by atoms with Crippen molar-refractivity contribution in [2.24, 2.45) is 5.41 Å². The van der Waals surface area contributed by atoms with Gasteiger partial charge in [0.15, 0.2) is 0 Å². The van der Waals surface area contributed by atoms with Gasteiger partial charge < -0.3 is 19.3 Å². The fraction of sp³-hybridized carbons (Fsp3) is 0.700. The summed E-state index contributed by atoms with van der Waals surface area (Å²) in [5.74, 6) is 0.631. The number of nitrogens with zero attached hydrogens (tertiary/aromatic N) is 3. The molecule has 2 saturated heterocycles. The van der Waals surface area contributed by atoms with Crippen LogP contribution in [0.5, 0.6) is 5.88 Å². The molecule has 2 aliphatic rings. The highest BCUT2D eigenvalue weighted by Gasteiger charge is 2.40. The van der Waals surface area contributed by atoms with E-state index in [4.69, 9.17) is 9.47 Å². The maximum atomic E-state index is 12.9. The van der Waals surface area contributed by atoms with Crippen LogP contribution in [0, 0.1) is 5.41 Å². The SMILES string of the molecule is COCCCN1CCCC2(CCCN(C(=O)c3ccc(OC)nc3)C2)C1. The van der Waals surface area contributed by atoms with Crippen molar-refractivity contribution in [2.45, 2.75) is 32.1 Å². The fourth-order valence-electron chi connectivity index (χ4n) is 4.46. The maximum absolute atomic E-state index is 12.9. The third-order valence-electron chi connectivity index (χ3n) is 5.70. The lowest BCUT2D eigenvalue weighted by Crippen LogP contribution is -2.53. The molecule has 3 heterocycles. The first-order valence-electron chi connectivity index (χ1n) is 9.66. The van der Waals surface area contributed by atoms with Crippen LogP contribution >= 0.6 is 0 Å². The van der Waals surface area contributed by atoms with Gasteiger partial charge in [-0.1, -0.05) is 0 Å². The van der Waals surface area contributed by atoms with Crippen molar-refractivity contribution >= 4 is 5.91 Å². The molecule has 1 amide bonds. The van der Waals surface area contributed by atoms with Gasteiger partial charge in [-0.25, -0.2) is 4.98 Å². The molecule has 144 valence electrons. The van der Waals surface area contributed by atoms with Crippen LogP contribution in [0.1, 0.15) is 42.5 Å². The normalized spacial score (nSPS) is 24.0. The molecule has 1 spiro atoms. The predicted octanol–water partition coefficient (Wildman–Crippen LogP) is 2.44. The summed E-state index contributed by atoms with van der Waals surface area (Å²) in [6.45, 7) is 5.88. The Balaban J connectivity index is 1.62. The van der Waals surface area contributed by atoms with Crippen molar-refractivity contribution in [3.63, 3.8) is 0 Å². The molecule has 0 aromatic carbocycles. The number of pyridine rings is 1. The van der Waals surface area contributed by atoms with Crippen LogP contribution in [0.2, 0.25) is 0 Å². The van der Waals surface area contributed by atoms with E-state index < -0.39 is 0 Å². The summed E-state index contributed by atoms with van der Waals surface area (Å²) in [4.78, 5) is 21.7. The minimum Gasteiger partial charge on any atom is -0.481 e. The molecule has 0 radical (unpaired) electrons. The van der Waals surface area contributed by atoms with Crippen molar-refractivity contribution in [1.82, 2.24) is 14.8 Å². The zero-order chi connectivity index (χ0) is 18.4. The molecule has 1 atom stereocenters. The third kappa shape index (κ3) is 4.54. The number of carbonyl (C=O) groups is 1. The number of likely N-dealkylation sites (tertiary alicyclic amines) is 2. The van der Waals surface area contributed by atoms with E-state index in [1.807, 2.05) is 11.0 Å². The highest BCUT2D eigenvalue weighted by molar-refractivity contribution is 5.94. The molecule has 2 fully saturated rings.